The smallest absolute Gasteiger partial charge is 0.339 e. The quantitative estimate of drug-likeness (QED) is 0.870. The highest BCUT2D eigenvalue weighted by Crippen LogP contribution is 2.18. The van der Waals surface area contributed by atoms with Gasteiger partial charge in [-0.05, 0) is 12.3 Å². The summed E-state index contributed by atoms with van der Waals surface area (Å²) >= 11 is 0. The first-order valence-corrected chi connectivity index (χ1v) is 5.49. The summed E-state index contributed by atoms with van der Waals surface area (Å²) < 4.78 is 0. The summed E-state index contributed by atoms with van der Waals surface area (Å²) in [6, 6.07) is 0. The van der Waals surface area contributed by atoms with E-state index in [1.165, 1.54) is 6.20 Å². The van der Waals surface area contributed by atoms with Crippen LogP contribution >= 0.6 is 0 Å². The van der Waals surface area contributed by atoms with Gasteiger partial charge in [-0.15, -0.1) is 0 Å². The molecule has 0 amide bonds. The second-order valence-corrected chi connectivity index (χ2v) is 5.39. The Morgan fingerprint density at radius 2 is 2.06 bits per heavy atom. The number of rotatable bonds is 3. The van der Waals surface area contributed by atoms with Crippen molar-refractivity contribution in [3.63, 3.8) is 0 Å². The third-order valence-corrected chi connectivity index (χ3v) is 2.25. The highest BCUT2D eigenvalue weighted by Gasteiger charge is 2.17. The van der Waals surface area contributed by atoms with Crippen molar-refractivity contribution in [1.29, 1.82) is 0 Å². The summed E-state index contributed by atoms with van der Waals surface area (Å²) in [5, 5.41) is 8.89. The maximum atomic E-state index is 10.8. The van der Waals surface area contributed by atoms with Gasteiger partial charge in [-0.3, -0.25) is 0 Å². The molecule has 0 aliphatic rings. The van der Waals surface area contributed by atoms with Crippen LogP contribution in [-0.2, 0) is 0 Å². The van der Waals surface area contributed by atoms with Gasteiger partial charge in [0.05, 0.1) is 11.3 Å². The third-order valence-electron chi connectivity index (χ3n) is 2.25. The fourth-order valence-corrected chi connectivity index (χ4v) is 1.63. The molecule has 0 atom stereocenters. The zero-order valence-corrected chi connectivity index (χ0v) is 11.0. The second-order valence-electron chi connectivity index (χ2n) is 5.39. The van der Waals surface area contributed by atoms with Gasteiger partial charge in [0.2, 0.25) is 5.95 Å². The topological polar surface area (TPSA) is 66.3 Å². The van der Waals surface area contributed by atoms with Gasteiger partial charge in [-0.25, -0.2) is 14.8 Å². The molecule has 0 bridgehead atoms. The van der Waals surface area contributed by atoms with Crippen LogP contribution < -0.4 is 4.90 Å². The number of carboxylic acid groups (broad SMARTS) is 1. The van der Waals surface area contributed by atoms with Crippen LogP contribution in [0.4, 0.5) is 5.95 Å². The van der Waals surface area contributed by atoms with Crippen LogP contribution in [0.5, 0.6) is 0 Å². The Kier molecular flexibility index (Phi) is 3.70. The minimum Gasteiger partial charge on any atom is -0.478 e. The van der Waals surface area contributed by atoms with Crippen LogP contribution in [0.25, 0.3) is 0 Å². The van der Waals surface area contributed by atoms with Crippen molar-refractivity contribution in [2.45, 2.75) is 27.7 Å². The van der Waals surface area contributed by atoms with E-state index < -0.39 is 5.97 Å². The minimum absolute atomic E-state index is 0.136. The number of carbonyl (C=O) groups is 1. The molecule has 0 aliphatic heterocycles. The van der Waals surface area contributed by atoms with E-state index in [1.807, 2.05) is 11.9 Å². The van der Waals surface area contributed by atoms with Crippen molar-refractivity contribution >= 4 is 11.9 Å². The molecular weight excluding hydrogens is 218 g/mol. The molecule has 94 valence electrons. The lowest BCUT2D eigenvalue weighted by atomic mass is 9.96. The van der Waals surface area contributed by atoms with E-state index in [1.54, 1.807) is 6.92 Å². The van der Waals surface area contributed by atoms with E-state index in [0.717, 1.165) is 6.54 Å². The zero-order valence-electron chi connectivity index (χ0n) is 11.0. The van der Waals surface area contributed by atoms with Gasteiger partial charge < -0.3 is 10.0 Å². The maximum absolute atomic E-state index is 10.8. The van der Waals surface area contributed by atoms with Crippen molar-refractivity contribution in [1.82, 2.24) is 9.97 Å². The largest absolute Gasteiger partial charge is 0.478 e. The summed E-state index contributed by atoms with van der Waals surface area (Å²) in [5.41, 5.74) is 0.776. The summed E-state index contributed by atoms with van der Waals surface area (Å²) in [4.78, 5) is 21.1. The van der Waals surface area contributed by atoms with Crippen LogP contribution in [0.3, 0.4) is 0 Å². The van der Waals surface area contributed by atoms with Gasteiger partial charge in [0.25, 0.3) is 0 Å². The molecule has 0 radical (unpaired) electrons. The first kappa shape index (κ1) is 13.4. The van der Waals surface area contributed by atoms with E-state index in [9.17, 15) is 4.79 Å². The Balaban J connectivity index is 2.94. The lowest BCUT2D eigenvalue weighted by molar-refractivity contribution is 0.0695. The summed E-state index contributed by atoms with van der Waals surface area (Å²) in [5.74, 6) is -0.435. The number of hydrogen-bond acceptors (Lipinski definition) is 4. The van der Waals surface area contributed by atoms with Crippen LogP contribution in [0.15, 0.2) is 6.20 Å². The first-order chi connectivity index (χ1) is 7.70. The molecule has 5 nitrogen and oxygen atoms in total. The van der Waals surface area contributed by atoms with Crippen molar-refractivity contribution in [2.24, 2.45) is 5.41 Å². The van der Waals surface area contributed by atoms with Gasteiger partial charge in [0, 0.05) is 19.8 Å². The molecule has 1 heterocycles. The molecule has 0 fully saturated rings. The van der Waals surface area contributed by atoms with Gasteiger partial charge in [0.15, 0.2) is 0 Å². The van der Waals surface area contributed by atoms with Gasteiger partial charge in [-0.1, -0.05) is 20.8 Å². The summed E-state index contributed by atoms with van der Waals surface area (Å²) in [6.07, 6.45) is 1.36. The number of carboxylic acids is 1. The number of nitrogens with zero attached hydrogens (tertiary/aromatic N) is 3. The van der Waals surface area contributed by atoms with E-state index in [0.29, 0.717) is 11.6 Å². The molecule has 1 aromatic heterocycles. The predicted molar refractivity (Wildman–Crippen MR) is 66.5 cm³/mol. The van der Waals surface area contributed by atoms with E-state index in [-0.39, 0.29) is 11.0 Å². The summed E-state index contributed by atoms with van der Waals surface area (Å²) in [7, 11) is 1.90. The Hall–Kier alpha value is -1.65. The summed E-state index contributed by atoms with van der Waals surface area (Å²) in [6.45, 7) is 8.87. The van der Waals surface area contributed by atoms with E-state index >= 15 is 0 Å². The Morgan fingerprint density at radius 1 is 1.47 bits per heavy atom. The minimum atomic E-state index is -0.993. The Labute approximate surface area is 102 Å². The zero-order chi connectivity index (χ0) is 13.2. The Morgan fingerprint density at radius 3 is 2.47 bits per heavy atom. The molecule has 5 heteroatoms. The molecule has 0 spiro atoms. The average molecular weight is 237 g/mol. The van der Waals surface area contributed by atoms with E-state index in [2.05, 4.69) is 30.7 Å². The molecule has 17 heavy (non-hydrogen) atoms. The highest BCUT2D eigenvalue weighted by atomic mass is 16.4. The van der Waals surface area contributed by atoms with Crippen LogP contribution in [-0.4, -0.2) is 34.6 Å². The number of hydrogen-bond donors (Lipinski definition) is 1. The van der Waals surface area contributed by atoms with Crippen molar-refractivity contribution in [3.05, 3.63) is 17.5 Å². The third kappa shape index (κ3) is 3.69. The number of aromatic nitrogens is 2. The average Bonchev–Trinajstić information content (AvgIpc) is 2.14. The monoisotopic (exact) mass is 237 g/mol. The van der Waals surface area contributed by atoms with Crippen molar-refractivity contribution in [2.75, 3.05) is 18.5 Å². The van der Waals surface area contributed by atoms with Gasteiger partial charge in [-0.2, -0.15) is 0 Å². The number of anilines is 1. The molecule has 0 saturated carbocycles. The molecule has 1 N–H and O–H groups in total. The molecule has 0 aromatic carbocycles. The fourth-order valence-electron chi connectivity index (χ4n) is 1.63. The second kappa shape index (κ2) is 4.69. The van der Waals surface area contributed by atoms with Crippen LogP contribution in [0, 0.1) is 12.3 Å². The normalized spacial score (nSPS) is 11.4. The molecule has 0 aliphatic carbocycles. The van der Waals surface area contributed by atoms with Crippen molar-refractivity contribution in [3.8, 4) is 0 Å². The maximum Gasteiger partial charge on any atom is 0.339 e. The van der Waals surface area contributed by atoms with Gasteiger partial charge in [0.1, 0.15) is 0 Å². The SMILES string of the molecule is Cc1nc(N(C)CC(C)(C)C)ncc1C(=O)O. The van der Waals surface area contributed by atoms with Gasteiger partial charge >= 0.3 is 5.97 Å². The molecule has 1 aromatic rings. The molecular formula is C12H19N3O2. The molecule has 0 unspecified atom stereocenters. The fraction of sp³-hybridized carbons (Fsp3) is 0.583. The molecule has 1 rings (SSSR count). The van der Waals surface area contributed by atoms with Crippen molar-refractivity contribution < 1.29 is 9.90 Å². The first-order valence-electron chi connectivity index (χ1n) is 5.49. The predicted octanol–water partition coefficient (Wildman–Crippen LogP) is 1.97. The standard InChI is InChI=1S/C12H19N3O2/c1-8-9(10(16)17)6-13-11(14-8)15(5)7-12(2,3)4/h6H,7H2,1-5H3,(H,16,17). The van der Waals surface area contributed by atoms with Crippen LogP contribution in [0.1, 0.15) is 36.8 Å². The number of aromatic carboxylic acids is 1. The number of aryl methyl sites for hydroxylation is 1. The van der Waals surface area contributed by atoms with Crippen LogP contribution in [0.2, 0.25) is 0 Å². The Bertz CT molecular complexity index is 424. The lowest BCUT2D eigenvalue weighted by Gasteiger charge is -2.26. The molecule has 0 saturated heterocycles. The lowest BCUT2D eigenvalue weighted by Crippen LogP contribution is -2.30. The highest BCUT2D eigenvalue weighted by molar-refractivity contribution is 5.88. The van der Waals surface area contributed by atoms with E-state index in [4.69, 9.17) is 5.11 Å².